The summed E-state index contributed by atoms with van der Waals surface area (Å²) >= 11 is 6.84. The smallest absolute Gasteiger partial charge is 0.410 e. The number of rotatable bonds is 11. The number of benzene rings is 1. The van der Waals surface area contributed by atoms with Crippen molar-refractivity contribution in [3.63, 3.8) is 0 Å². The first-order valence-corrected chi connectivity index (χ1v) is 21.5. The lowest BCUT2D eigenvalue weighted by atomic mass is 9.72. The Balaban J connectivity index is 1.43. The molecule has 2 fully saturated rings. The molecule has 16 heteroatoms. The topological polar surface area (TPSA) is 106 Å². The van der Waals surface area contributed by atoms with Gasteiger partial charge in [-0.2, -0.15) is 13.2 Å². The van der Waals surface area contributed by atoms with E-state index in [0.717, 1.165) is 11.1 Å². The van der Waals surface area contributed by atoms with Crippen LogP contribution in [0.25, 0.3) is 22.6 Å². The molecule has 2 aromatic heterocycles. The van der Waals surface area contributed by atoms with Crippen molar-refractivity contribution < 1.29 is 36.4 Å². The molecule has 0 radical (unpaired) electrons. The maximum Gasteiger partial charge on any atom is 0.410 e. The van der Waals surface area contributed by atoms with Crippen molar-refractivity contribution >= 4 is 31.8 Å². The monoisotopic (exact) mass is 794 g/mol. The Labute approximate surface area is 322 Å². The van der Waals surface area contributed by atoms with E-state index in [1.165, 1.54) is 9.80 Å². The highest BCUT2D eigenvalue weighted by Crippen LogP contribution is 2.45. The van der Waals surface area contributed by atoms with Crippen LogP contribution in [-0.4, -0.2) is 110 Å². The summed E-state index contributed by atoms with van der Waals surface area (Å²) in [5.41, 5.74) is 2.53. The maximum absolute atomic E-state index is 13.0. The zero-order chi connectivity index (χ0) is 40.2. The van der Waals surface area contributed by atoms with E-state index >= 15 is 0 Å². The molecule has 2 aliphatic heterocycles. The second-order valence-corrected chi connectivity index (χ2v) is 22.6. The summed E-state index contributed by atoms with van der Waals surface area (Å²) in [6, 6.07) is 5.27. The molecule has 5 rings (SSSR count). The van der Waals surface area contributed by atoms with E-state index < -0.39 is 38.8 Å². The van der Waals surface area contributed by atoms with Crippen molar-refractivity contribution in [3.05, 3.63) is 40.2 Å². The van der Waals surface area contributed by atoms with E-state index in [0.29, 0.717) is 71.3 Å². The molecule has 2 aliphatic rings. The second kappa shape index (κ2) is 14.9. The van der Waals surface area contributed by atoms with Gasteiger partial charge in [0.25, 0.3) is 0 Å². The predicted octanol–water partition coefficient (Wildman–Crippen LogP) is 8.70. The molecular weight excluding hydrogens is 741 g/mol. The molecule has 1 amide bonds. The average molecular weight is 795 g/mol. The van der Waals surface area contributed by atoms with Crippen LogP contribution in [0.15, 0.2) is 22.7 Å². The SMILES string of the molecule is Cc1noc(C)c1-c1nc(-c2cc(OC[C@@H](CN(C)C(=O)OC(C)(C)C)O[Si](C)(C)C(C)(C)C)ccc2Cl)nc(N2CC3(CN(CC(F)(F)F)C3)C2)c1C. The van der Waals surface area contributed by atoms with E-state index in [1.54, 1.807) is 25.2 Å². The van der Waals surface area contributed by atoms with Crippen LogP contribution in [-0.2, 0) is 9.16 Å². The first-order valence-electron chi connectivity index (χ1n) is 18.2. The van der Waals surface area contributed by atoms with Gasteiger partial charge in [0.2, 0.25) is 0 Å². The van der Waals surface area contributed by atoms with Gasteiger partial charge in [-0.3, -0.25) is 4.90 Å². The molecule has 0 saturated carbocycles. The molecule has 0 N–H and O–H groups in total. The van der Waals surface area contributed by atoms with Crippen molar-refractivity contribution in [2.45, 2.75) is 98.3 Å². The molecule has 4 heterocycles. The number of halogens is 4. The molecular formula is C38H54ClF3N6O5Si. The Hall–Kier alpha value is -3.40. The normalized spacial score (nSPS) is 16.9. The van der Waals surface area contributed by atoms with Crippen LogP contribution in [0.4, 0.5) is 23.8 Å². The Kier molecular flexibility index (Phi) is 11.5. The fraction of sp³-hybridized carbons (Fsp3) is 0.632. The molecule has 0 aliphatic carbocycles. The lowest BCUT2D eigenvalue weighted by Gasteiger charge is -2.61. The van der Waals surface area contributed by atoms with Gasteiger partial charge in [0.1, 0.15) is 29.5 Å². The zero-order valence-electron chi connectivity index (χ0n) is 33.5. The number of nitrogens with zero attached hydrogens (tertiary/aromatic N) is 6. The standard InChI is InChI=1S/C38H54ClF3N6O5Si/c1-23-31(30-24(2)45-52-25(30)3)43-32(44-33(23)48-20-37(21-48)18-47(19-37)22-38(40,41)42)28-15-26(13-14-29(28)39)50-17-27(53-54(11,12)36(7,8)9)16-46(10)34(49)51-35(4,5)6/h13-15,27H,16-22H2,1-12H3/t27-/m1/s1. The quantitative estimate of drug-likeness (QED) is 0.175. The van der Waals surface area contributed by atoms with Gasteiger partial charge in [-0.25, -0.2) is 14.8 Å². The van der Waals surface area contributed by atoms with Crippen LogP contribution < -0.4 is 9.64 Å². The highest BCUT2D eigenvalue weighted by atomic mass is 35.5. The maximum atomic E-state index is 13.0. The summed E-state index contributed by atoms with van der Waals surface area (Å²) in [7, 11) is -0.600. The number of amides is 1. The van der Waals surface area contributed by atoms with Crippen molar-refractivity contribution in [1.82, 2.24) is 24.9 Å². The lowest BCUT2D eigenvalue weighted by molar-refractivity contribution is -0.172. The van der Waals surface area contributed by atoms with E-state index in [9.17, 15) is 18.0 Å². The van der Waals surface area contributed by atoms with Crippen LogP contribution in [0.3, 0.4) is 0 Å². The van der Waals surface area contributed by atoms with Crippen molar-refractivity contribution in [3.8, 4) is 28.4 Å². The number of hydrogen-bond acceptors (Lipinski definition) is 10. The minimum absolute atomic E-state index is 0.0836. The predicted molar refractivity (Wildman–Crippen MR) is 206 cm³/mol. The van der Waals surface area contributed by atoms with Crippen LogP contribution >= 0.6 is 11.6 Å². The zero-order valence-corrected chi connectivity index (χ0v) is 35.3. The molecule has 11 nitrogen and oxygen atoms in total. The van der Waals surface area contributed by atoms with Gasteiger partial charge >= 0.3 is 12.3 Å². The van der Waals surface area contributed by atoms with Crippen molar-refractivity contribution in [2.24, 2.45) is 5.41 Å². The first-order chi connectivity index (χ1) is 24.8. The van der Waals surface area contributed by atoms with E-state index in [4.69, 9.17) is 40.0 Å². The number of hydrogen-bond donors (Lipinski definition) is 0. The minimum atomic E-state index is -4.22. The highest BCUT2D eigenvalue weighted by Gasteiger charge is 2.54. The van der Waals surface area contributed by atoms with Gasteiger partial charge in [0.15, 0.2) is 14.1 Å². The summed E-state index contributed by atoms with van der Waals surface area (Å²) in [6.07, 6.45) is -5.14. The molecule has 298 valence electrons. The van der Waals surface area contributed by atoms with E-state index in [-0.39, 0.29) is 23.6 Å². The van der Waals surface area contributed by atoms with E-state index in [2.05, 4.69) is 43.9 Å². The largest absolute Gasteiger partial charge is 0.491 e. The Morgan fingerprint density at radius 1 is 1.06 bits per heavy atom. The van der Waals surface area contributed by atoms with Gasteiger partial charge in [0, 0.05) is 49.8 Å². The fourth-order valence-electron chi connectivity index (χ4n) is 6.77. The first kappa shape index (κ1) is 41.8. The van der Waals surface area contributed by atoms with Crippen molar-refractivity contribution in [1.29, 1.82) is 0 Å². The summed E-state index contributed by atoms with van der Waals surface area (Å²) in [5.74, 6) is 2.13. The minimum Gasteiger partial charge on any atom is -0.491 e. The Morgan fingerprint density at radius 2 is 1.70 bits per heavy atom. The molecule has 54 heavy (non-hydrogen) atoms. The number of alkyl halides is 3. The molecule has 1 spiro atoms. The molecule has 3 aromatic rings. The number of carbonyl (C=O) groups is 1. The summed E-state index contributed by atoms with van der Waals surface area (Å²) in [6.45, 7) is 23.3. The summed E-state index contributed by atoms with van der Waals surface area (Å²) in [5, 5.41) is 4.48. The molecule has 2 saturated heterocycles. The Bertz CT molecular complexity index is 1820. The number of aryl methyl sites for hydroxylation is 2. The van der Waals surface area contributed by atoms with Crippen LogP contribution in [0.5, 0.6) is 5.75 Å². The second-order valence-electron chi connectivity index (χ2n) is 17.5. The van der Waals surface area contributed by atoms with Crippen molar-refractivity contribution in [2.75, 3.05) is 57.8 Å². The number of likely N-dealkylation sites (tertiary alicyclic amines) is 1. The summed E-state index contributed by atoms with van der Waals surface area (Å²) < 4.78 is 63.3. The Morgan fingerprint density at radius 3 is 2.26 bits per heavy atom. The van der Waals surface area contributed by atoms with Gasteiger partial charge < -0.3 is 28.2 Å². The number of likely N-dealkylation sites (N-methyl/N-ethyl adjacent to an activating group) is 1. The lowest BCUT2D eigenvalue weighted by Crippen LogP contribution is -2.73. The third kappa shape index (κ3) is 9.51. The van der Waals surface area contributed by atoms with Crippen LogP contribution in [0, 0.1) is 26.2 Å². The number of carbonyl (C=O) groups excluding carboxylic acids is 1. The molecule has 1 aromatic carbocycles. The average Bonchev–Trinajstić information content (AvgIpc) is 3.32. The van der Waals surface area contributed by atoms with Crippen LogP contribution in [0.1, 0.15) is 58.6 Å². The number of ether oxygens (including phenoxy) is 2. The highest BCUT2D eigenvalue weighted by molar-refractivity contribution is 6.74. The van der Waals surface area contributed by atoms with Gasteiger partial charge in [0.05, 0.1) is 41.2 Å². The van der Waals surface area contributed by atoms with Gasteiger partial charge in [-0.05, 0) is 77.9 Å². The fourth-order valence-corrected chi connectivity index (χ4v) is 8.30. The van der Waals surface area contributed by atoms with E-state index in [1.807, 2.05) is 41.5 Å². The number of anilines is 1. The van der Waals surface area contributed by atoms with Gasteiger partial charge in [-0.1, -0.05) is 37.5 Å². The molecule has 1 atom stereocenters. The molecule has 0 unspecified atom stereocenters. The van der Waals surface area contributed by atoms with Crippen LogP contribution in [0.2, 0.25) is 23.2 Å². The number of aromatic nitrogens is 3. The summed E-state index contributed by atoms with van der Waals surface area (Å²) in [4.78, 5) is 28.0. The molecule has 0 bridgehead atoms. The third-order valence-electron chi connectivity index (χ3n) is 10.3. The third-order valence-corrected chi connectivity index (χ3v) is 15.2. The van der Waals surface area contributed by atoms with Gasteiger partial charge in [-0.15, -0.1) is 0 Å².